The summed E-state index contributed by atoms with van der Waals surface area (Å²) in [5.74, 6) is -0.904. The molecule has 7 heteroatoms. The van der Waals surface area contributed by atoms with E-state index >= 15 is 0 Å². The van der Waals surface area contributed by atoms with Crippen molar-refractivity contribution in [1.29, 1.82) is 0 Å². The van der Waals surface area contributed by atoms with Crippen LogP contribution in [0.4, 0.5) is 0 Å². The zero-order valence-electron chi connectivity index (χ0n) is 14.5. The number of rotatable bonds is 6. The molecule has 25 heavy (non-hydrogen) atoms. The summed E-state index contributed by atoms with van der Waals surface area (Å²) in [6.45, 7) is 4.99. The van der Waals surface area contributed by atoms with Crippen molar-refractivity contribution in [3.8, 4) is 5.75 Å². The Hall–Kier alpha value is -3.09. The Bertz CT molecular complexity index is 821. The van der Waals surface area contributed by atoms with Gasteiger partial charge in [0.05, 0.1) is 18.4 Å². The molecule has 0 aliphatic rings. The molecule has 7 nitrogen and oxygen atoms in total. The number of carbonyl (C=O) groups excluding carboxylic acids is 3. The van der Waals surface area contributed by atoms with Crippen LogP contribution in [0.2, 0.25) is 0 Å². The van der Waals surface area contributed by atoms with Gasteiger partial charge in [-0.1, -0.05) is 0 Å². The molecule has 1 heterocycles. The highest BCUT2D eigenvalue weighted by Gasteiger charge is 2.26. The Kier molecular flexibility index (Phi) is 5.26. The average molecular weight is 344 g/mol. The van der Waals surface area contributed by atoms with E-state index in [0.717, 1.165) is 0 Å². The molecule has 0 saturated carbocycles. The third-order valence-corrected chi connectivity index (χ3v) is 3.89. The molecular weight excluding hydrogens is 324 g/mol. The predicted octanol–water partition coefficient (Wildman–Crippen LogP) is 2.17. The number of H-pyrrole nitrogens is 1. The van der Waals surface area contributed by atoms with E-state index in [9.17, 15) is 14.4 Å². The molecule has 1 aromatic carbocycles. The fraction of sp³-hybridized carbons (Fsp3) is 0.278. The predicted molar refractivity (Wildman–Crippen MR) is 91.0 cm³/mol. The van der Waals surface area contributed by atoms with Crippen LogP contribution in [0.1, 0.15) is 49.4 Å². The maximum atomic E-state index is 12.6. The smallest absolute Gasteiger partial charge is 0.339 e. The fourth-order valence-corrected chi connectivity index (χ4v) is 2.56. The van der Waals surface area contributed by atoms with Gasteiger partial charge in [0.2, 0.25) is 11.7 Å². The van der Waals surface area contributed by atoms with Crippen molar-refractivity contribution in [2.45, 2.75) is 26.9 Å². The van der Waals surface area contributed by atoms with Crippen LogP contribution in [0, 0.1) is 13.8 Å². The number of methoxy groups -OCH3 is 1. The molecule has 0 aliphatic heterocycles. The molecule has 0 aliphatic carbocycles. The summed E-state index contributed by atoms with van der Waals surface area (Å²) >= 11 is 0. The van der Waals surface area contributed by atoms with E-state index < -0.39 is 18.0 Å². The van der Waals surface area contributed by atoms with Crippen LogP contribution < -0.4 is 10.5 Å². The molecule has 2 aromatic rings. The Balaban J connectivity index is 2.20. The van der Waals surface area contributed by atoms with Gasteiger partial charge in [-0.15, -0.1) is 0 Å². The minimum atomic E-state index is -0.790. The number of hydrogen-bond donors (Lipinski definition) is 2. The van der Waals surface area contributed by atoms with Crippen LogP contribution in [-0.4, -0.2) is 35.9 Å². The monoisotopic (exact) mass is 344 g/mol. The van der Waals surface area contributed by atoms with Gasteiger partial charge in [-0.25, -0.2) is 4.79 Å². The van der Waals surface area contributed by atoms with Crippen molar-refractivity contribution in [2.75, 3.05) is 7.11 Å². The van der Waals surface area contributed by atoms with Crippen molar-refractivity contribution in [2.24, 2.45) is 5.73 Å². The molecule has 1 aromatic heterocycles. The van der Waals surface area contributed by atoms with Crippen LogP contribution >= 0.6 is 0 Å². The molecular formula is C18H20N2O5. The lowest BCUT2D eigenvalue weighted by Crippen LogP contribution is -2.25. The highest BCUT2D eigenvalue weighted by Crippen LogP contribution is 2.22. The Morgan fingerprint density at radius 2 is 1.72 bits per heavy atom. The van der Waals surface area contributed by atoms with Gasteiger partial charge in [0.25, 0.3) is 0 Å². The minimum Gasteiger partial charge on any atom is -0.483 e. The number of nitrogens with two attached hydrogens (primary N) is 1. The number of esters is 1. The van der Waals surface area contributed by atoms with Crippen LogP contribution in [0.15, 0.2) is 24.3 Å². The Morgan fingerprint density at radius 3 is 2.24 bits per heavy atom. The second kappa shape index (κ2) is 7.21. The zero-order chi connectivity index (χ0) is 18.7. The minimum absolute atomic E-state index is 0.297. The second-order valence-electron chi connectivity index (χ2n) is 5.63. The summed E-state index contributed by atoms with van der Waals surface area (Å²) in [6, 6.07) is 6.18. The number of nitrogens with one attached hydrogen (secondary N) is 1. The van der Waals surface area contributed by atoms with E-state index in [1.54, 1.807) is 32.9 Å². The molecule has 0 radical (unpaired) electrons. The number of aryl methyl sites for hydroxylation is 1. The number of amides is 1. The number of aromatic nitrogens is 1. The normalized spacial score (nSPS) is 11.7. The Morgan fingerprint density at radius 1 is 1.12 bits per heavy atom. The summed E-state index contributed by atoms with van der Waals surface area (Å²) in [6.07, 6.45) is -0.790. The van der Waals surface area contributed by atoms with E-state index in [1.807, 2.05) is 0 Å². The summed E-state index contributed by atoms with van der Waals surface area (Å²) in [5.41, 5.74) is 7.27. The zero-order valence-corrected chi connectivity index (χ0v) is 14.5. The lowest BCUT2D eigenvalue weighted by atomic mass is 10.1. The van der Waals surface area contributed by atoms with E-state index in [0.29, 0.717) is 33.8 Å². The largest absolute Gasteiger partial charge is 0.483 e. The molecule has 0 bridgehead atoms. The summed E-state index contributed by atoms with van der Waals surface area (Å²) < 4.78 is 10.4. The molecule has 0 spiro atoms. The fourth-order valence-electron chi connectivity index (χ4n) is 2.56. The maximum absolute atomic E-state index is 12.6. The topological polar surface area (TPSA) is 111 Å². The van der Waals surface area contributed by atoms with Crippen LogP contribution in [-0.2, 0) is 4.74 Å². The van der Waals surface area contributed by atoms with Crippen molar-refractivity contribution in [3.63, 3.8) is 0 Å². The number of primary amides is 1. The first-order valence-electron chi connectivity index (χ1n) is 7.64. The van der Waals surface area contributed by atoms with Gasteiger partial charge in [-0.2, -0.15) is 0 Å². The number of ether oxygens (including phenoxy) is 2. The maximum Gasteiger partial charge on any atom is 0.339 e. The first-order chi connectivity index (χ1) is 11.8. The number of benzene rings is 1. The van der Waals surface area contributed by atoms with Crippen LogP contribution in [0.3, 0.4) is 0 Å². The van der Waals surface area contributed by atoms with Crippen molar-refractivity contribution in [3.05, 3.63) is 52.3 Å². The third-order valence-electron chi connectivity index (χ3n) is 3.89. The Labute approximate surface area is 145 Å². The molecule has 1 atom stereocenters. The number of Topliss-reactive ketones (excluding diaryl/α,β-unsaturated/α-hetero) is 1. The summed E-state index contributed by atoms with van der Waals surface area (Å²) in [5, 5.41) is 0. The molecule has 0 unspecified atom stereocenters. The van der Waals surface area contributed by atoms with Gasteiger partial charge in [-0.05, 0) is 50.6 Å². The van der Waals surface area contributed by atoms with Gasteiger partial charge in [0.1, 0.15) is 5.75 Å². The highest BCUT2D eigenvalue weighted by molar-refractivity contribution is 6.03. The van der Waals surface area contributed by atoms with Crippen LogP contribution in [0.25, 0.3) is 0 Å². The SMILES string of the molecule is COC(=O)c1c(C)[nH]c(C(=O)[C@@H](C)Oc2ccc(C(N)=O)cc2)c1C. The molecule has 132 valence electrons. The van der Waals surface area contributed by atoms with Crippen LogP contribution in [0.5, 0.6) is 5.75 Å². The lowest BCUT2D eigenvalue weighted by molar-refractivity contribution is 0.0599. The first-order valence-corrected chi connectivity index (χ1v) is 7.64. The second-order valence-corrected chi connectivity index (χ2v) is 5.63. The molecule has 3 N–H and O–H groups in total. The van der Waals surface area contributed by atoms with Crippen molar-refractivity contribution >= 4 is 17.7 Å². The highest BCUT2D eigenvalue weighted by atomic mass is 16.5. The van der Waals surface area contributed by atoms with E-state index in [4.69, 9.17) is 15.2 Å². The first kappa shape index (κ1) is 18.3. The summed E-state index contributed by atoms with van der Waals surface area (Å²) in [7, 11) is 1.29. The van der Waals surface area contributed by atoms with Gasteiger partial charge < -0.3 is 20.2 Å². The van der Waals surface area contributed by atoms with E-state index in [2.05, 4.69) is 4.98 Å². The molecule has 0 fully saturated rings. The number of aromatic amines is 1. The van der Waals surface area contributed by atoms with Gasteiger partial charge in [0, 0.05) is 11.3 Å². The number of hydrogen-bond acceptors (Lipinski definition) is 5. The number of ketones is 1. The molecule has 1 amide bonds. The standard InChI is InChI=1S/C18H20N2O5/c1-9-14(18(23)24-4)10(2)20-15(9)16(21)11(3)25-13-7-5-12(6-8-13)17(19)22/h5-8,11,20H,1-4H3,(H2,19,22)/t11-/m1/s1. The van der Waals surface area contributed by atoms with E-state index in [-0.39, 0.29) is 5.78 Å². The summed E-state index contributed by atoms with van der Waals surface area (Å²) in [4.78, 5) is 38.4. The van der Waals surface area contributed by atoms with Crippen molar-refractivity contribution in [1.82, 2.24) is 4.98 Å². The quantitative estimate of drug-likeness (QED) is 0.616. The average Bonchev–Trinajstić information content (AvgIpc) is 2.88. The molecule has 2 rings (SSSR count). The lowest BCUT2D eigenvalue weighted by Gasteiger charge is -2.13. The third kappa shape index (κ3) is 3.71. The van der Waals surface area contributed by atoms with Gasteiger partial charge >= 0.3 is 5.97 Å². The number of carbonyl (C=O) groups is 3. The molecule has 0 saturated heterocycles. The van der Waals surface area contributed by atoms with Crippen molar-refractivity contribution < 1.29 is 23.9 Å². The van der Waals surface area contributed by atoms with Gasteiger partial charge in [0.15, 0.2) is 6.10 Å². The van der Waals surface area contributed by atoms with E-state index in [1.165, 1.54) is 19.2 Å². The van der Waals surface area contributed by atoms with Gasteiger partial charge in [-0.3, -0.25) is 9.59 Å².